The van der Waals surface area contributed by atoms with Crippen molar-refractivity contribution >= 4 is 15.9 Å². The maximum atomic E-state index is 13.3. The molecule has 0 radical (unpaired) electrons. The SMILES string of the molecule is CC[C@H](NC(=O)c1ccc(C)c(S(=O)(=O)N2CCCCCC2)c1)c1ccc(C)cc1C. The summed E-state index contributed by atoms with van der Waals surface area (Å²) in [4.78, 5) is 13.3. The lowest BCUT2D eigenvalue weighted by Crippen LogP contribution is -2.33. The Balaban J connectivity index is 1.86. The van der Waals surface area contributed by atoms with Crippen molar-refractivity contribution in [2.45, 2.75) is 70.7 Å². The fourth-order valence-electron chi connectivity index (χ4n) is 4.30. The van der Waals surface area contributed by atoms with Crippen molar-refractivity contribution < 1.29 is 13.2 Å². The zero-order valence-corrected chi connectivity index (χ0v) is 19.9. The van der Waals surface area contributed by atoms with Crippen LogP contribution in [0.1, 0.15) is 77.7 Å². The quantitative estimate of drug-likeness (QED) is 0.680. The Hall–Kier alpha value is -2.18. The molecule has 1 aliphatic rings. The molecule has 0 unspecified atom stereocenters. The van der Waals surface area contributed by atoms with Crippen LogP contribution in [0.4, 0.5) is 0 Å². The van der Waals surface area contributed by atoms with Gasteiger partial charge in [0.25, 0.3) is 5.91 Å². The third-order valence-corrected chi connectivity index (χ3v) is 8.19. The van der Waals surface area contributed by atoms with Crippen LogP contribution in [0.25, 0.3) is 0 Å². The molecule has 0 spiro atoms. The van der Waals surface area contributed by atoms with E-state index in [0.717, 1.165) is 43.2 Å². The first kappa shape index (κ1) is 23.5. The molecule has 1 aliphatic heterocycles. The van der Waals surface area contributed by atoms with E-state index in [1.165, 1.54) is 5.56 Å². The summed E-state index contributed by atoms with van der Waals surface area (Å²) in [6, 6.07) is 11.1. The van der Waals surface area contributed by atoms with E-state index in [2.05, 4.69) is 37.4 Å². The molecule has 1 atom stereocenters. The van der Waals surface area contributed by atoms with Gasteiger partial charge in [-0.05, 0) is 68.9 Å². The fourth-order valence-corrected chi connectivity index (χ4v) is 6.07. The molecule has 6 heteroatoms. The summed E-state index contributed by atoms with van der Waals surface area (Å²) in [5.41, 5.74) is 4.46. The first-order valence-electron chi connectivity index (χ1n) is 11.2. The predicted octanol–water partition coefficient (Wildman–Crippen LogP) is 5.06. The highest BCUT2D eigenvalue weighted by Gasteiger charge is 2.28. The number of nitrogens with one attached hydrogen (secondary N) is 1. The second kappa shape index (κ2) is 9.96. The van der Waals surface area contributed by atoms with Crippen molar-refractivity contribution in [3.63, 3.8) is 0 Å². The molecule has 1 N–H and O–H groups in total. The molecular weight excluding hydrogens is 408 g/mol. The van der Waals surface area contributed by atoms with Crippen LogP contribution in [-0.4, -0.2) is 31.7 Å². The molecule has 1 fully saturated rings. The topological polar surface area (TPSA) is 66.5 Å². The van der Waals surface area contributed by atoms with Crippen molar-refractivity contribution in [2.75, 3.05) is 13.1 Å². The van der Waals surface area contributed by atoms with Gasteiger partial charge in [-0.1, -0.05) is 49.6 Å². The zero-order valence-electron chi connectivity index (χ0n) is 19.1. The van der Waals surface area contributed by atoms with Gasteiger partial charge < -0.3 is 5.32 Å². The molecule has 1 saturated heterocycles. The first-order valence-corrected chi connectivity index (χ1v) is 12.7. The third kappa shape index (κ3) is 5.36. The largest absolute Gasteiger partial charge is 0.345 e. The summed E-state index contributed by atoms with van der Waals surface area (Å²) in [5, 5.41) is 3.10. The number of amides is 1. The summed E-state index contributed by atoms with van der Waals surface area (Å²) in [7, 11) is -3.62. The Labute approximate surface area is 186 Å². The van der Waals surface area contributed by atoms with Crippen molar-refractivity contribution in [1.82, 2.24) is 9.62 Å². The van der Waals surface area contributed by atoms with Gasteiger partial charge >= 0.3 is 0 Å². The zero-order chi connectivity index (χ0) is 22.6. The number of hydrogen-bond donors (Lipinski definition) is 1. The summed E-state index contributed by atoms with van der Waals surface area (Å²) >= 11 is 0. The molecule has 3 rings (SSSR count). The maximum absolute atomic E-state index is 13.3. The Morgan fingerprint density at radius 1 is 0.968 bits per heavy atom. The Morgan fingerprint density at radius 2 is 1.65 bits per heavy atom. The highest BCUT2D eigenvalue weighted by Crippen LogP contribution is 2.26. The van der Waals surface area contributed by atoms with E-state index in [4.69, 9.17) is 0 Å². The summed E-state index contributed by atoms with van der Waals surface area (Å²) in [6.45, 7) is 9.01. The maximum Gasteiger partial charge on any atom is 0.251 e. The lowest BCUT2D eigenvalue weighted by molar-refractivity contribution is 0.0935. The predicted molar refractivity (Wildman–Crippen MR) is 125 cm³/mol. The molecule has 0 saturated carbocycles. The van der Waals surface area contributed by atoms with E-state index in [0.29, 0.717) is 24.2 Å². The van der Waals surface area contributed by atoms with E-state index >= 15 is 0 Å². The van der Waals surface area contributed by atoms with Crippen LogP contribution in [0, 0.1) is 20.8 Å². The van der Waals surface area contributed by atoms with Gasteiger partial charge in [0, 0.05) is 18.7 Å². The van der Waals surface area contributed by atoms with Gasteiger partial charge in [-0.15, -0.1) is 0 Å². The highest BCUT2D eigenvalue weighted by molar-refractivity contribution is 7.89. The van der Waals surface area contributed by atoms with Crippen molar-refractivity contribution in [3.8, 4) is 0 Å². The molecule has 2 aromatic rings. The van der Waals surface area contributed by atoms with Crippen molar-refractivity contribution in [2.24, 2.45) is 0 Å². The summed E-state index contributed by atoms with van der Waals surface area (Å²) in [5.74, 6) is -0.251. The standard InChI is InChI=1S/C25H34N2O3S/c1-5-23(22-13-10-18(2)16-20(22)4)26-25(28)21-12-11-19(3)24(17-21)31(29,30)27-14-8-6-7-9-15-27/h10-13,16-17,23H,5-9,14-15H2,1-4H3,(H,26,28)/t23-/m0/s1. The molecule has 2 aromatic carbocycles. The van der Waals surface area contributed by atoms with Gasteiger partial charge in [0.15, 0.2) is 0 Å². The first-order chi connectivity index (χ1) is 14.7. The van der Waals surface area contributed by atoms with E-state index in [-0.39, 0.29) is 16.8 Å². The number of benzene rings is 2. The number of carbonyl (C=O) groups excluding carboxylic acids is 1. The van der Waals surface area contributed by atoms with E-state index in [9.17, 15) is 13.2 Å². The number of aryl methyl sites for hydroxylation is 3. The Kier molecular flexibility index (Phi) is 7.55. The van der Waals surface area contributed by atoms with Crippen LogP contribution in [-0.2, 0) is 10.0 Å². The fraction of sp³-hybridized carbons (Fsp3) is 0.480. The highest BCUT2D eigenvalue weighted by atomic mass is 32.2. The number of nitrogens with zero attached hydrogens (tertiary/aromatic N) is 1. The minimum Gasteiger partial charge on any atom is -0.345 e. The second-order valence-corrected chi connectivity index (χ2v) is 10.5. The monoisotopic (exact) mass is 442 g/mol. The molecule has 31 heavy (non-hydrogen) atoms. The Morgan fingerprint density at radius 3 is 2.26 bits per heavy atom. The van der Waals surface area contributed by atoms with Crippen molar-refractivity contribution in [1.29, 1.82) is 0 Å². The molecule has 0 aliphatic carbocycles. The lowest BCUT2D eigenvalue weighted by atomic mass is 9.97. The summed E-state index contributed by atoms with van der Waals surface area (Å²) in [6.07, 6.45) is 4.63. The number of sulfonamides is 1. The minimum atomic E-state index is -3.62. The lowest BCUT2D eigenvalue weighted by Gasteiger charge is -2.22. The average Bonchev–Trinajstić information content (AvgIpc) is 3.02. The smallest absolute Gasteiger partial charge is 0.251 e. The van der Waals surface area contributed by atoms with Gasteiger partial charge in [-0.2, -0.15) is 4.31 Å². The van der Waals surface area contributed by atoms with Crippen LogP contribution < -0.4 is 5.32 Å². The second-order valence-electron chi connectivity index (χ2n) is 8.59. The molecule has 1 amide bonds. The van der Waals surface area contributed by atoms with E-state index in [1.54, 1.807) is 29.4 Å². The van der Waals surface area contributed by atoms with Gasteiger partial charge in [0.05, 0.1) is 10.9 Å². The molecule has 168 valence electrons. The number of rotatable bonds is 6. The van der Waals surface area contributed by atoms with Gasteiger partial charge in [0.2, 0.25) is 10.0 Å². The molecule has 0 aromatic heterocycles. The van der Waals surface area contributed by atoms with Crippen LogP contribution >= 0.6 is 0 Å². The molecule has 1 heterocycles. The van der Waals surface area contributed by atoms with Gasteiger partial charge in [-0.3, -0.25) is 4.79 Å². The number of carbonyl (C=O) groups is 1. The summed E-state index contributed by atoms with van der Waals surface area (Å²) < 4.78 is 28.2. The minimum absolute atomic E-state index is 0.125. The average molecular weight is 443 g/mol. The molecular formula is C25H34N2O3S. The Bertz CT molecular complexity index is 1040. The van der Waals surface area contributed by atoms with Crippen LogP contribution in [0.5, 0.6) is 0 Å². The molecule has 0 bridgehead atoms. The third-order valence-electron chi connectivity index (χ3n) is 6.15. The normalized spacial score (nSPS) is 16.5. The number of hydrogen-bond acceptors (Lipinski definition) is 3. The van der Waals surface area contributed by atoms with Crippen LogP contribution in [0.2, 0.25) is 0 Å². The van der Waals surface area contributed by atoms with Gasteiger partial charge in [0.1, 0.15) is 0 Å². The van der Waals surface area contributed by atoms with E-state index < -0.39 is 10.0 Å². The molecule has 5 nitrogen and oxygen atoms in total. The van der Waals surface area contributed by atoms with Gasteiger partial charge in [-0.25, -0.2) is 8.42 Å². The van der Waals surface area contributed by atoms with Crippen LogP contribution in [0.3, 0.4) is 0 Å². The van der Waals surface area contributed by atoms with Crippen molar-refractivity contribution in [3.05, 3.63) is 64.2 Å². The van der Waals surface area contributed by atoms with E-state index in [1.807, 2.05) is 6.92 Å². The van der Waals surface area contributed by atoms with Crippen LogP contribution in [0.15, 0.2) is 41.3 Å².